The number of hydrogen-bond donors (Lipinski definition) is 0. The fourth-order valence-electron chi connectivity index (χ4n) is 3.07. The molecule has 0 N–H and O–H groups in total. The van der Waals surface area contributed by atoms with Crippen LogP contribution in [0, 0.1) is 11.8 Å². The first-order chi connectivity index (χ1) is 9.82. The zero-order valence-corrected chi connectivity index (χ0v) is 14.2. The van der Waals surface area contributed by atoms with Crippen LogP contribution in [0.25, 0.3) is 0 Å². The smallest absolute Gasteiger partial charge is 0.275 e. The number of rotatable bonds is 5. The van der Waals surface area contributed by atoms with E-state index in [1.807, 2.05) is 20.2 Å². The molecule has 2 unspecified atom stereocenters. The van der Waals surface area contributed by atoms with Crippen LogP contribution in [-0.4, -0.2) is 46.4 Å². The van der Waals surface area contributed by atoms with E-state index < -0.39 is 10.2 Å². The topological polar surface area (TPSA) is 58.4 Å². The van der Waals surface area contributed by atoms with Gasteiger partial charge in [-0.25, -0.2) is 0 Å². The molecule has 0 aromatic carbocycles. The first-order valence-corrected chi connectivity index (χ1v) is 8.95. The molecular weight excluding hydrogens is 288 g/mol. The highest BCUT2D eigenvalue weighted by atomic mass is 32.2. The molecule has 0 amide bonds. The minimum Gasteiger partial charge on any atom is -0.275 e. The predicted molar refractivity (Wildman–Crippen MR) is 82.7 cm³/mol. The molecule has 0 radical (unpaired) electrons. The van der Waals surface area contributed by atoms with Gasteiger partial charge in [0.2, 0.25) is 0 Å². The normalized spacial score (nSPS) is 24.6. The second-order valence-electron chi connectivity index (χ2n) is 6.22. The zero-order valence-electron chi connectivity index (χ0n) is 13.4. The van der Waals surface area contributed by atoms with E-state index in [0.29, 0.717) is 38.0 Å². The van der Waals surface area contributed by atoms with Gasteiger partial charge in [-0.3, -0.25) is 4.68 Å². The lowest BCUT2D eigenvalue weighted by atomic mass is 9.94. The molecule has 0 aliphatic carbocycles. The Morgan fingerprint density at radius 3 is 2.43 bits per heavy atom. The molecule has 6 nitrogen and oxygen atoms in total. The van der Waals surface area contributed by atoms with E-state index in [1.54, 1.807) is 15.2 Å². The molecule has 1 aliphatic rings. The molecule has 1 aromatic rings. The lowest BCUT2D eigenvalue weighted by Gasteiger charge is -2.36. The summed E-state index contributed by atoms with van der Waals surface area (Å²) >= 11 is 0. The number of nitrogens with zero attached hydrogens (tertiary/aromatic N) is 4. The van der Waals surface area contributed by atoms with E-state index in [9.17, 15) is 8.42 Å². The van der Waals surface area contributed by atoms with Gasteiger partial charge in [-0.2, -0.15) is 22.1 Å². The molecule has 1 aromatic heterocycles. The summed E-state index contributed by atoms with van der Waals surface area (Å²) < 4.78 is 30.6. The maximum absolute atomic E-state index is 12.8. The third-order valence-electron chi connectivity index (χ3n) is 3.96. The molecule has 1 fully saturated rings. The number of piperidine rings is 1. The van der Waals surface area contributed by atoms with Crippen molar-refractivity contribution in [3.63, 3.8) is 0 Å². The largest absolute Gasteiger partial charge is 0.282 e. The Labute approximate surface area is 127 Å². The van der Waals surface area contributed by atoms with Crippen LogP contribution in [0.1, 0.15) is 32.8 Å². The van der Waals surface area contributed by atoms with E-state index in [2.05, 4.69) is 18.9 Å². The molecule has 7 heteroatoms. The van der Waals surface area contributed by atoms with Crippen molar-refractivity contribution in [2.75, 3.05) is 19.6 Å². The summed E-state index contributed by atoms with van der Waals surface area (Å²) in [5, 5.41) is 4.10. The van der Waals surface area contributed by atoms with Crippen LogP contribution in [0.15, 0.2) is 12.4 Å². The molecular formula is C14H26N4O2S. The van der Waals surface area contributed by atoms with E-state index in [1.165, 1.54) is 4.31 Å². The molecule has 0 spiro atoms. The van der Waals surface area contributed by atoms with Crippen molar-refractivity contribution in [2.24, 2.45) is 18.9 Å². The Balaban J connectivity index is 2.15. The van der Waals surface area contributed by atoms with Crippen LogP contribution >= 0.6 is 0 Å². The summed E-state index contributed by atoms with van der Waals surface area (Å²) in [6, 6.07) is 0. The van der Waals surface area contributed by atoms with Crippen molar-refractivity contribution in [1.29, 1.82) is 0 Å². The van der Waals surface area contributed by atoms with Gasteiger partial charge in [-0.1, -0.05) is 20.8 Å². The average molecular weight is 314 g/mol. The highest BCUT2D eigenvalue weighted by molar-refractivity contribution is 7.86. The van der Waals surface area contributed by atoms with E-state index in [-0.39, 0.29) is 0 Å². The Bertz CT molecular complexity index is 559. The summed E-state index contributed by atoms with van der Waals surface area (Å²) in [5.41, 5.74) is 0.918. The fraction of sp³-hybridized carbons (Fsp3) is 0.786. The maximum atomic E-state index is 12.8. The lowest BCUT2D eigenvalue weighted by Crippen LogP contribution is -2.49. The average Bonchev–Trinajstić information content (AvgIpc) is 2.80. The van der Waals surface area contributed by atoms with Crippen molar-refractivity contribution < 1.29 is 8.42 Å². The molecule has 120 valence electrons. The standard InChI is InChI=1S/C14H26N4O2S/c1-5-17(11-14-7-15-16(4)10-14)21(19,20)18-8-12(2)6-13(3)9-18/h7,10,12-13H,5-6,8-9,11H2,1-4H3. The summed E-state index contributed by atoms with van der Waals surface area (Å²) in [7, 11) is -1.56. The third-order valence-corrected chi connectivity index (χ3v) is 5.95. The van der Waals surface area contributed by atoms with E-state index in [4.69, 9.17) is 0 Å². The SMILES string of the molecule is CCN(Cc1cnn(C)c1)S(=O)(=O)N1CC(C)CC(C)C1. The minimum atomic E-state index is -3.40. The summed E-state index contributed by atoms with van der Waals surface area (Å²) in [6.45, 7) is 8.21. The third kappa shape index (κ3) is 3.84. The number of aryl methyl sites for hydroxylation is 1. The van der Waals surface area contributed by atoms with Gasteiger partial charge in [0.25, 0.3) is 10.2 Å². The van der Waals surface area contributed by atoms with Gasteiger partial charge >= 0.3 is 0 Å². The molecule has 21 heavy (non-hydrogen) atoms. The second-order valence-corrected chi connectivity index (χ2v) is 8.15. The maximum Gasteiger partial charge on any atom is 0.282 e. The molecule has 0 bridgehead atoms. The van der Waals surface area contributed by atoms with Gasteiger partial charge in [0.1, 0.15) is 0 Å². The molecule has 2 rings (SSSR count). The highest BCUT2D eigenvalue weighted by Gasteiger charge is 2.34. The van der Waals surface area contributed by atoms with Crippen LogP contribution in [0.2, 0.25) is 0 Å². The van der Waals surface area contributed by atoms with Crippen LogP contribution in [0.4, 0.5) is 0 Å². The van der Waals surface area contributed by atoms with Crippen molar-refractivity contribution in [3.05, 3.63) is 18.0 Å². The number of aromatic nitrogens is 2. The van der Waals surface area contributed by atoms with Crippen molar-refractivity contribution in [1.82, 2.24) is 18.4 Å². The lowest BCUT2D eigenvalue weighted by molar-refractivity contribution is 0.208. The molecule has 0 saturated carbocycles. The van der Waals surface area contributed by atoms with Gasteiger partial charge in [0, 0.05) is 45.0 Å². The van der Waals surface area contributed by atoms with Crippen LogP contribution in [0.5, 0.6) is 0 Å². The number of hydrogen-bond acceptors (Lipinski definition) is 3. The monoisotopic (exact) mass is 314 g/mol. The van der Waals surface area contributed by atoms with Crippen molar-refractivity contribution in [3.8, 4) is 0 Å². The first kappa shape index (κ1) is 16.5. The quantitative estimate of drug-likeness (QED) is 0.827. The summed E-state index contributed by atoms with van der Waals surface area (Å²) in [4.78, 5) is 0. The molecule has 2 heterocycles. The molecule has 2 atom stereocenters. The van der Waals surface area contributed by atoms with Gasteiger partial charge in [0.05, 0.1) is 6.20 Å². The summed E-state index contributed by atoms with van der Waals surface area (Å²) in [5.74, 6) is 0.834. The van der Waals surface area contributed by atoms with Crippen molar-refractivity contribution in [2.45, 2.75) is 33.7 Å². The van der Waals surface area contributed by atoms with Gasteiger partial charge in [-0.15, -0.1) is 0 Å². The second kappa shape index (κ2) is 6.46. The zero-order chi connectivity index (χ0) is 15.6. The predicted octanol–water partition coefficient (Wildman–Crippen LogP) is 1.46. The molecule has 1 saturated heterocycles. The summed E-state index contributed by atoms with van der Waals surface area (Å²) in [6.07, 6.45) is 4.68. The van der Waals surface area contributed by atoms with Crippen molar-refractivity contribution >= 4 is 10.2 Å². The van der Waals surface area contributed by atoms with Gasteiger partial charge in [0.15, 0.2) is 0 Å². The van der Waals surface area contributed by atoms with Gasteiger partial charge in [-0.05, 0) is 18.3 Å². The first-order valence-electron chi connectivity index (χ1n) is 7.55. The van der Waals surface area contributed by atoms with Gasteiger partial charge < -0.3 is 0 Å². The molecule has 1 aliphatic heterocycles. The Morgan fingerprint density at radius 2 is 1.95 bits per heavy atom. The highest BCUT2D eigenvalue weighted by Crippen LogP contribution is 2.25. The van der Waals surface area contributed by atoms with Crippen LogP contribution in [0.3, 0.4) is 0 Å². The Morgan fingerprint density at radius 1 is 1.33 bits per heavy atom. The minimum absolute atomic E-state index is 0.381. The van der Waals surface area contributed by atoms with E-state index in [0.717, 1.165) is 12.0 Å². The Kier molecular flexibility index (Phi) is 5.06. The van der Waals surface area contributed by atoms with E-state index >= 15 is 0 Å². The van der Waals surface area contributed by atoms with Crippen LogP contribution in [-0.2, 0) is 23.8 Å². The fourth-order valence-corrected chi connectivity index (χ4v) is 4.92. The Hall–Kier alpha value is -0.920. The van der Waals surface area contributed by atoms with Crippen LogP contribution < -0.4 is 0 Å².